The molecule has 0 saturated heterocycles. The van der Waals surface area contributed by atoms with Gasteiger partial charge in [-0.1, -0.05) is 32.1 Å². The van der Waals surface area contributed by atoms with Crippen LogP contribution in [0.25, 0.3) is 4.85 Å². The van der Waals surface area contributed by atoms with Crippen LogP contribution >= 0.6 is 8.53 Å². The summed E-state index contributed by atoms with van der Waals surface area (Å²) in [7, 11) is -0.145. The maximum absolute atomic E-state index is 13.2. The number of sulfonamides is 1. The molecule has 38 heavy (non-hydrogen) atoms. The molecule has 222 valence electrons. The summed E-state index contributed by atoms with van der Waals surface area (Å²) in [5, 5.41) is -0.218. The molecule has 0 aromatic carbocycles. The third-order valence-corrected chi connectivity index (χ3v) is 12.2. The molecule has 0 radical (unpaired) electrons. The lowest BCUT2D eigenvalue weighted by Gasteiger charge is -2.47. The maximum Gasteiger partial charge on any atom is 0.259 e. The Labute approximate surface area is 235 Å². The van der Waals surface area contributed by atoms with E-state index in [9.17, 15) is 8.42 Å². The molecule has 0 bridgehead atoms. The van der Waals surface area contributed by atoms with Crippen molar-refractivity contribution < 1.29 is 17.5 Å². The lowest BCUT2D eigenvalue weighted by atomic mass is 9.68. The van der Waals surface area contributed by atoms with E-state index in [1.54, 1.807) is 0 Å². The van der Waals surface area contributed by atoms with Crippen molar-refractivity contribution in [3.8, 4) is 0 Å². The molecule has 2 rings (SSSR count). The summed E-state index contributed by atoms with van der Waals surface area (Å²) in [4.78, 5) is 5.71. The number of nitrogens with zero attached hydrogens (tertiary/aromatic N) is 3. The molecule has 5 unspecified atom stereocenters. The number of unbranched alkanes of at least 4 members (excludes halogenated alkanes) is 4. The van der Waals surface area contributed by atoms with Crippen molar-refractivity contribution in [3.05, 3.63) is 11.4 Å². The van der Waals surface area contributed by atoms with Crippen molar-refractivity contribution in [1.29, 1.82) is 0 Å². The first-order chi connectivity index (χ1) is 18.1. The second-order valence-corrected chi connectivity index (χ2v) is 15.3. The van der Waals surface area contributed by atoms with Crippen molar-refractivity contribution in [1.82, 2.24) is 14.3 Å². The van der Waals surface area contributed by atoms with Crippen molar-refractivity contribution in [2.45, 2.75) is 122 Å². The van der Waals surface area contributed by atoms with Crippen LogP contribution in [0.15, 0.2) is 0 Å². The van der Waals surface area contributed by atoms with Gasteiger partial charge in [0.15, 0.2) is 0 Å². The Morgan fingerprint density at radius 3 is 2.16 bits per heavy atom. The SMILES string of the molecule is [C-]#[N+]CCOP(OCCCCCCCNS(=O)(=O)C1CCCC2C1CCCC2N(C)C)N(C(C)C)C(C)C. The molecule has 0 aliphatic heterocycles. The number of hydrogen-bond donors (Lipinski definition) is 1. The Balaban J connectivity index is 1.67. The molecule has 2 aliphatic carbocycles. The van der Waals surface area contributed by atoms with Crippen molar-refractivity contribution in [3.63, 3.8) is 0 Å². The molecular formula is C28H55N4O4PS. The molecule has 1 N–H and O–H groups in total. The molecule has 0 amide bonds. The van der Waals surface area contributed by atoms with Gasteiger partial charge in [-0.05, 0) is 92.2 Å². The Morgan fingerprint density at radius 1 is 0.895 bits per heavy atom. The van der Waals surface area contributed by atoms with Crippen molar-refractivity contribution in [2.75, 3.05) is 40.4 Å². The fourth-order valence-electron chi connectivity index (χ4n) is 6.47. The zero-order valence-corrected chi connectivity index (χ0v) is 26.6. The Morgan fingerprint density at radius 2 is 1.50 bits per heavy atom. The van der Waals surface area contributed by atoms with Gasteiger partial charge in [-0.25, -0.2) is 24.4 Å². The molecule has 2 saturated carbocycles. The topological polar surface area (TPSA) is 75.5 Å². The normalized spacial score (nSPS) is 25.2. The molecule has 2 aliphatic rings. The number of hydrogen-bond acceptors (Lipinski definition) is 6. The number of rotatable bonds is 18. The molecule has 0 aromatic rings. The Hall–Kier alpha value is -0.330. The summed E-state index contributed by atoms with van der Waals surface area (Å²) in [5.41, 5.74) is 0. The first-order valence-corrected chi connectivity index (χ1v) is 17.6. The highest BCUT2D eigenvalue weighted by molar-refractivity contribution is 7.90. The largest absolute Gasteiger partial charge is 0.322 e. The maximum atomic E-state index is 13.2. The number of fused-ring (bicyclic) bond motifs is 1. The van der Waals surface area contributed by atoms with Crippen LogP contribution in [0.1, 0.15) is 98.3 Å². The zero-order valence-electron chi connectivity index (χ0n) is 24.9. The average molecular weight is 575 g/mol. The van der Waals surface area contributed by atoms with Gasteiger partial charge in [0.1, 0.15) is 6.61 Å². The molecule has 0 aromatic heterocycles. The van der Waals surface area contributed by atoms with Crippen LogP contribution in [0.3, 0.4) is 0 Å². The van der Waals surface area contributed by atoms with Crippen LogP contribution in [-0.2, 0) is 19.1 Å². The summed E-state index contributed by atoms with van der Waals surface area (Å²) in [6.07, 6.45) is 11.4. The Kier molecular flexibility index (Phi) is 15.6. The van der Waals surface area contributed by atoms with E-state index in [2.05, 4.69) is 60.9 Å². The van der Waals surface area contributed by atoms with E-state index in [1.807, 2.05) is 0 Å². The lowest BCUT2D eigenvalue weighted by molar-refractivity contribution is 0.0713. The van der Waals surface area contributed by atoms with Gasteiger partial charge in [0.05, 0.1) is 11.9 Å². The van der Waals surface area contributed by atoms with E-state index < -0.39 is 18.5 Å². The van der Waals surface area contributed by atoms with Gasteiger partial charge in [0, 0.05) is 24.7 Å². The van der Waals surface area contributed by atoms with Gasteiger partial charge in [-0.15, -0.1) is 0 Å². The highest BCUT2D eigenvalue weighted by Crippen LogP contribution is 2.46. The lowest BCUT2D eigenvalue weighted by Crippen LogP contribution is -2.51. The van der Waals surface area contributed by atoms with Crippen LogP contribution in [0, 0.1) is 18.4 Å². The summed E-state index contributed by atoms with van der Waals surface area (Å²) in [6, 6.07) is 1.14. The molecule has 8 nitrogen and oxygen atoms in total. The fraction of sp³-hybridized carbons (Fsp3) is 0.964. The minimum absolute atomic E-state index is 0.218. The van der Waals surface area contributed by atoms with E-state index in [0.717, 1.165) is 57.8 Å². The zero-order chi connectivity index (χ0) is 28.1. The van der Waals surface area contributed by atoms with Crippen LogP contribution in [-0.4, -0.2) is 81.8 Å². The summed E-state index contributed by atoms with van der Waals surface area (Å²) in [5.74, 6) is 0.823. The van der Waals surface area contributed by atoms with Gasteiger partial charge < -0.3 is 18.8 Å². The van der Waals surface area contributed by atoms with Gasteiger partial charge in [-0.3, -0.25) is 0 Å². The van der Waals surface area contributed by atoms with Gasteiger partial charge in [0.25, 0.3) is 8.53 Å². The first-order valence-electron chi connectivity index (χ1n) is 14.9. The van der Waals surface area contributed by atoms with E-state index >= 15 is 0 Å². The number of nitrogens with one attached hydrogen (secondary N) is 1. The van der Waals surface area contributed by atoms with Gasteiger partial charge in [0.2, 0.25) is 16.6 Å². The average Bonchev–Trinajstić information content (AvgIpc) is 2.86. The van der Waals surface area contributed by atoms with Crippen molar-refractivity contribution >= 4 is 18.5 Å². The molecular weight excluding hydrogens is 519 g/mol. The van der Waals surface area contributed by atoms with E-state index in [1.165, 1.54) is 12.8 Å². The fourth-order valence-corrected chi connectivity index (χ4v) is 10.0. The minimum Gasteiger partial charge on any atom is -0.322 e. The summed E-state index contributed by atoms with van der Waals surface area (Å²) in [6.45, 7) is 17.5. The van der Waals surface area contributed by atoms with Crippen LogP contribution < -0.4 is 4.72 Å². The van der Waals surface area contributed by atoms with Crippen molar-refractivity contribution in [2.24, 2.45) is 11.8 Å². The molecule has 5 atom stereocenters. The first kappa shape index (κ1) is 33.9. The smallest absolute Gasteiger partial charge is 0.259 e. The second kappa shape index (κ2) is 17.5. The highest BCUT2D eigenvalue weighted by atomic mass is 32.2. The van der Waals surface area contributed by atoms with Gasteiger partial charge in [-0.2, -0.15) is 0 Å². The monoisotopic (exact) mass is 574 g/mol. The van der Waals surface area contributed by atoms with Crippen LogP contribution in [0.2, 0.25) is 0 Å². The predicted octanol–water partition coefficient (Wildman–Crippen LogP) is 6.05. The second-order valence-electron chi connectivity index (χ2n) is 11.8. The van der Waals surface area contributed by atoms with Crippen LogP contribution in [0.5, 0.6) is 0 Å². The minimum atomic E-state index is -3.27. The van der Waals surface area contributed by atoms with Crippen LogP contribution in [0.4, 0.5) is 0 Å². The molecule has 0 spiro atoms. The highest BCUT2D eigenvalue weighted by Gasteiger charge is 2.45. The molecule has 10 heteroatoms. The summed E-state index contributed by atoms with van der Waals surface area (Å²) < 4.78 is 43.8. The van der Waals surface area contributed by atoms with E-state index in [4.69, 9.17) is 15.6 Å². The standard InChI is InChI=1S/C28H55N4O4PS/c1-23(2)32(24(3)4)37(36-22-20-29-5)35-21-12-10-8-9-11-19-30-38(33,34)28-18-14-15-25-26(28)16-13-17-27(25)31(6)7/h23-28,30H,8-22H2,1-4,6-7H3. The van der Waals surface area contributed by atoms with E-state index in [0.29, 0.717) is 56.3 Å². The molecule has 0 heterocycles. The predicted molar refractivity (Wildman–Crippen MR) is 158 cm³/mol. The van der Waals surface area contributed by atoms with Gasteiger partial charge >= 0.3 is 0 Å². The Bertz CT molecular complexity index is 797. The third kappa shape index (κ3) is 10.6. The molecule has 2 fully saturated rings. The summed E-state index contributed by atoms with van der Waals surface area (Å²) >= 11 is 0. The van der Waals surface area contributed by atoms with E-state index in [-0.39, 0.29) is 5.25 Å². The quantitative estimate of drug-likeness (QED) is 0.122. The third-order valence-electron chi connectivity index (χ3n) is 8.12.